The van der Waals surface area contributed by atoms with Crippen LogP contribution in [0.4, 0.5) is 13.2 Å². The van der Waals surface area contributed by atoms with Crippen LogP contribution in [-0.2, 0) is 18.3 Å². The van der Waals surface area contributed by atoms with E-state index in [-0.39, 0.29) is 22.7 Å². The molecular formula is C26H18ClF3N4OS. The summed E-state index contributed by atoms with van der Waals surface area (Å²) in [6, 6.07) is 16.9. The minimum absolute atomic E-state index is 0.0913. The Bertz CT molecular complexity index is 1670. The predicted molar refractivity (Wildman–Crippen MR) is 136 cm³/mol. The quantitative estimate of drug-likeness (QED) is 0.185. The first-order valence-electron chi connectivity index (χ1n) is 11.0. The van der Waals surface area contributed by atoms with E-state index in [1.165, 1.54) is 30.0 Å². The van der Waals surface area contributed by atoms with Crippen LogP contribution in [0.3, 0.4) is 0 Å². The van der Waals surface area contributed by atoms with Crippen molar-refractivity contribution in [2.24, 2.45) is 0 Å². The predicted octanol–water partition coefficient (Wildman–Crippen LogP) is 6.86. The SMILES string of the molecule is CCc1nc(SCc2nc3ccccc3c(=O)n2-c2ccccc2C(F)(F)F)c2cc(Cl)ccc2n1. The Kier molecular flexibility index (Phi) is 6.44. The zero-order valence-corrected chi connectivity index (χ0v) is 20.5. The number of para-hydroxylation sites is 2. The molecule has 0 atom stereocenters. The summed E-state index contributed by atoms with van der Waals surface area (Å²) >= 11 is 7.47. The maximum Gasteiger partial charge on any atom is 0.418 e. The lowest BCUT2D eigenvalue weighted by Crippen LogP contribution is -2.26. The Balaban J connectivity index is 1.69. The molecule has 0 spiro atoms. The van der Waals surface area contributed by atoms with Crippen molar-refractivity contribution in [1.29, 1.82) is 0 Å². The second kappa shape index (κ2) is 9.55. The molecule has 0 radical (unpaired) electrons. The topological polar surface area (TPSA) is 60.7 Å². The number of halogens is 4. The molecule has 0 saturated heterocycles. The number of rotatable bonds is 5. The number of nitrogens with zero attached hydrogens (tertiary/aromatic N) is 4. The third kappa shape index (κ3) is 4.56. The fraction of sp³-hybridized carbons (Fsp3) is 0.154. The van der Waals surface area contributed by atoms with Crippen LogP contribution in [0.25, 0.3) is 27.5 Å². The first-order chi connectivity index (χ1) is 17.3. The monoisotopic (exact) mass is 526 g/mol. The number of aryl methyl sites for hydroxylation is 1. The van der Waals surface area contributed by atoms with Gasteiger partial charge in [0, 0.05) is 16.8 Å². The van der Waals surface area contributed by atoms with E-state index in [1.807, 2.05) is 6.92 Å². The van der Waals surface area contributed by atoms with Crippen LogP contribution in [0, 0.1) is 0 Å². The summed E-state index contributed by atoms with van der Waals surface area (Å²) < 4.78 is 42.7. The molecule has 0 bridgehead atoms. The standard InChI is InChI=1S/C26H18ClF3N4OS/c1-2-22-31-20-12-11-15(27)13-17(20)24(33-22)36-14-23-32-19-9-5-3-7-16(19)25(35)34(23)21-10-6-4-8-18(21)26(28,29)30/h3-13H,2,14H2,1H3. The molecule has 0 aliphatic carbocycles. The van der Waals surface area contributed by atoms with E-state index in [9.17, 15) is 18.0 Å². The van der Waals surface area contributed by atoms with E-state index < -0.39 is 17.3 Å². The zero-order chi connectivity index (χ0) is 25.4. The van der Waals surface area contributed by atoms with E-state index in [0.29, 0.717) is 33.3 Å². The van der Waals surface area contributed by atoms with E-state index in [4.69, 9.17) is 11.6 Å². The van der Waals surface area contributed by atoms with Crippen LogP contribution >= 0.6 is 23.4 Å². The highest BCUT2D eigenvalue weighted by atomic mass is 35.5. The minimum atomic E-state index is -4.65. The van der Waals surface area contributed by atoms with Crippen LogP contribution in [-0.4, -0.2) is 19.5 Å². The number of alkyl halides is 3. The van der Waals surface area contributed by atoms with E-state index in [1.54, 1.807) is 42.5 Å². The van der Waals surface area contributed by atoms with Crippen LogP contribution in [0.5, 0.6) is 0 Å². The Labute approximate surface area is 213 Å². The van der Waals surface area contributed by atoms with Crippen molar-refractivity contribution in [3.8, 4) is 5.69 Å². The van der Waals surface area contributed by atoms with Crippen molar-refractivity contribution < 1.29 is 13.2 Å². The van der Waals surface area contributed by atoms with Crippen LogP contribution < -0.4 is 5.56 Å². The number of hydrogen-bond donors (Lipinski definition) is 0. The van der Waals surface area contributed by atoms with E-state index >= 15 is 0 Å². The van der Waals surface area contributed by atoms with Gasteiger partial charge in [-0.05, 0) is 42.5 Å². The molecule has 2 aromatic heterocycles. The lowest BCUT2D eigenvalue weighted by Gasteiger charge is -2.18. The van der Waals surface area contributed by atoms with Gasteiger partial charge in [-0.15, -0.1) is 0 Å². The maximum atomic E-state index is 13.9. The molecule has 182 valence electrons. The summed E-state index contributed by atoms with van der Waals surface area (Å²) in [4.78, 5) is 27.2. The number of hydrogen-bond acceptors (Lipinski definition) is 5. The lowest BCUT2D eigenvalue weighted by molar-refractivity contribution is -0.137. The van der Waals surface area contributed by atoms with Crippen molar-refractivity contribution in [2.75, 3.05) is 0 Å². The molecule has 0 fully saturated rings. The van der Waals surface area contributed by atoms with Crippen molar-refractivity contribution in [3.05, 3.63) is 99.3 Å². The van der Waals surface area contributed by atoms with Gasteiger partial charge >= 0.3 is 6.18 Å². The molecule has 0 amide bonds. The normalized spacial score (nSPS) is 11.9. The van der Waals surface area contributed by atoms with Gasteiger partial charge in [0.15, 0.2) is 0 Å². The van der Waals surface area contributed by atoms with Gasteiger partial charge in [0.2, 0.25) is 0 Å². The molecule has 0 aliphatic heterocycles. The van der Waals surface area contributed by atoms with Gasteiger partial charge in [0.05, 0.1) is 33.4 Å². The Morgan fingerprint density at radius 1 is 0.917 bits per heavy atom. The summed E-state index contributed by atoms with van der Waals surface area (Å²) in [6.45, 7) is 1.93. The minimum Gasteiger partial charge on any atom is -0.268 e. The molecule has 36 heavy (non-hydrogen) atoms. The summed E-state index contributed by atoms with van der Waals surface area (Å²) in [5.74, 6) is 0.888. The smallest absolute Gasteiger partial charge is 0.268 e. The van der Waals surface area contributed by atoms with Crippen molar-refractivity contribution in [2.45, 2.75) is 30.3 Å². The summed E-state index contributed by atoms with van der Waals surface area (Å²) in [6.07, 6.45) is -4.05. The summed E-state index contributed by atoms with van der Waals surface area (Å²) in [5, 5.41) is 2.07. The summed E-state index contributed by atoms with van der Waals surface area (Å²) in [5.41, 5.74) is -0.641. The van der Waals surface area contributed by atoms with E-state index in [2.05, 4.69) is 15.0 Å². The van der Waals surface area contributed by atoms with Gasteiger partial charge in [-0.1, -0.05) is 54.6 Å². The Morgan fingerprint density at radius 3 is 2.42 bits per heavy atom. The van der Waals surface area contributed by atoms with Crippen molar-refractivity contribution >= 4 is 45.2 Å². The molecule has 3 aromatic carbocycles. The molecule has 5 aromatic rings. The number of thioether (sulfide) groups is 1. The van der Waals surface area contributed by atoms with Gasteiger partial charge in [-0.3, -0.25) is 9.36 Å². The van der Waals surface area contributed by atoms with Gasteiger partial charge in [0.1, 0.15) is 16.7 Å². The van der Waals surface area contributed by atoms with E-state index in [0.717, 1.165) is 16.0 Å². The maximum absolute atomic E-state index is 13.9. The fourth-order valence-corrected chi connectivity index (χ4v) is 5.07. The average molecular weight is 527 g/mol. The van der Waals surface area contributed by atoms with Crippen LogP contribution in [0.2, 0.25) is 5.02 Å². The Morgan fingerprint density at radius 2 is 1.64 bits per heavy atom. The Hall–Kier alpha value is -3.43. The first kappa shape index (κ1) is 24.3. The van der Waals surface area contributed by atoms with Crippen LogP contribution in [0.1, 0.15) is 24.1 Å². The first-order valence-corrected chi connectivity index (χ1v) is 12.4. The highest BCUT2D eigenvalue weighted by Gasteiger charge is 2.34. The molecule has 0 unspecified atom stereocenters. The van der Waals surface area contributed by atoms with Gasteiger partial charge in [-0.25, -0.2) is 15.0 Å². The third-order valence-corrected chi connectivity index (χ3v) is 6.84. The molecule has 5 rings (SSSR count). The van der Waals surface area contributed by atoms with Gasteiger partial charge in [0.25, 0.3) is 5.56 Å². The highest BCUT2D eigenvalue weighted by molar-refractivity contribution is 7.98. The average Bonchev–Trinajstić information content (AvgIpc) is 2.87. The molecule has 0 aliphatic rings. The largest absolute Gasteiger partial charge is 0.418 e. The fourth-order valence-electron chi connectivity index (χ4n) is 3.95. The van der Waals surface area contributed by atoms with Gasteiger partial charge in [-0.2, -0.15) is 13.2 Å². The molecular weight excluding hydrogens is 509 g/mol. The second-order valence-corrected chi connectivity index (χ2v) is 9.35. The number of fused-ring (bicyclic) bond motifs is 2. The van der Waals surface area contributed by atoms with Gasteiger partial charge < -0.3 is 0 Å². The highest BCUT2D eigenvalue weighted by Crippen LogP contribution is 2.35. The molecule has 0 saturated carbocycles. The molecule has 0 N–H and O–H groups in total. The molecule has 10 heteroatoms. The summed E-state index contributed by atoms with van der Waals surface area (Å²) in [7, 11) is 0. The number of benzene rings is 3. The van der Waals surface area contributed by atoms with Crippen molar-refractivity contribution in [3.63, 3.8) is 0 Å². The second-order valence-electron chi connectivity index (χ2n) is 7.95. The molecule has 2 heterocycles. The lowest BCUT2D eigenvalue weighted by atomic mass is 10.1. The zero-order valence-electron chi connectivity index (χ0n) is 18.9. The number of aromatic nitrogens is 4. The van der Waals surface area contributed by atoms with Crippen molar-refractivity contribution in [1.82, 2.24) is 19.5 Å². The third-order valence-electron chi connectivity index (χ3n) is 5.62. The molecule has 5 nitrogen and oxygen atoms in total. The van der Waals surface area contributed by atoms with Crippen LogP contribution in [0.15, 0.2) is 76.6 Å².